The van der Waals surface area contributed by atoms with Gasteiger partial charge in [0.1, 0.15) is 23.6 Å². The molecule has 8 nitrogen and oxygen atoms in total. The second kappa shape index (κ2) is 9.35. The minimum atomic E-state index is -0.335. The van der Waals surface area contributed by atoms with E-state index in [9.17, 15) is 9.18 Å². The maximum Gasteiger partial charge on any atom is 0.410 e. The largest absolute Gasteiger partial charge is 0.446 e. The molecule has 0 bridgehead atoms. The Hall–Kier alpha value is -3.20. The summed E-state index contributed by atoms with van der Waals surface area (Å²) in [4.78, 5) is 21.3. The molecule has 1 unspecified atom stereocenters. The fourth-order valence-corrected chi connectivity index (χ4v) is 5.49. The molecule has 188 valence electrons. The van der Waals surface area contributed by atoms with Crippen molar-refractivity contribution >= 4 is 23.5 Å². The van der Waals surface area contributed by atoms with Crippen molar-refractivity contribution in [1.29, 1.82) is 0 Å². The molecule has 1 saturated heterocycles. The summed E-state index contributed by atoms with van der Waals surface area (Å²) >= 11 is 6.37. The van der Waals surface area contributed by atoms with E-state index in [1.807, 2.05) is 25.1 Å². The van der Waals surface area contributed by atoms with E-state index in [2.05, 4.69) is 24.6 Å². The van der Waals surface area contributed by atoms with Gasteiger partial charge < -0.3 is 9.64 Å². The van der Waals surface area contributed by atoms with Gasteiger partial charge in [-0.3, -0.25) is 9.47 Å². The third kappa shape index (κ3) is 4.19. The predicted octanol–water partition coefficient (Wildman–Crippen LogP) is 5.40. The Bertz CT molecular complexity index is 1270. The molecule has 1 saturated carbocycles. The van der Waals surface area contributed by atoms with Crippen LogP contribution >= 0.6 is 11.6 Å². The number of piperidine rings is 1. The van der Waals surface area contributed by atoms with Gasteiger partial charge in [0, 0.05) is 24.0 Å². The van der Waals surface area contributed by atoms with E-state index in [4.69, 9.17) is 16.3 Å². The highest BCUT2D eigenvalue weighted by Crippen LogP contribution is 2.38. The maximum atomic E-state index is 13.3. The van der Waals surface area contributed by atoms with Crippen molar-refractivity contribution in [3.63, 3.8) is 0 Å². The molecule has 0 radical (unpaired) electrons. The first kappa shape index (κ1) is 23.2. The van der Waals surface area contributed by atoms with Crippen LogP contribution in [0.1, 0.15) is 68.2 Å². The number of hydrogen-bond donors (Lipinski definition) is 0. The fourth-order valence-electron chi connectivity index (χ4n) is 5.29. The molecule has 2 aromatic heterocycles. The lowest BCUT2D eigenvalue weighted by Gasteiger charge is -2.32. The number of anilines is 1. The number of pyridine rings is 1. The van der Waals surface area contributed by atoms with Crippen LogP contribution in [0, 0.1) is 5.82 Å². The lowest BCUT2D eigenvalue weighted by molar-refractivity contribution is 0.0173. The molecule has 1 amide bonds. The van der Waals surface area contributed by atoms with Crippen LogP contribution < -0.4 is 4.90 Å². The van der Waals surface area contributed by atoms with E-state index in [1.54, 1.807) is 11.0 Å². The van der Waals surface area contributed by atoms with Crippen molar-refractivity contribution in [2.45, 2.75) is 63.6 Å². The molecule has 3 aliphatic rings. The summed E-state index contributed by atoms with van der Waals surface area (Å²) in [7, 11) is 0. The SMILES string of the molecule is CC1c2nnc(C3CCN(c4ccc(F)cn4)CC3)n2-c2ccc(Cl)cc2CN1C(=O)OC1CCC1. The van der Waals surface area contributed by atoms with Gasteiger partial charge in [0.05, 0.1) is 24.5 Å². The summed E-state index contributed by atoms with van der Waals surface area (Å²) in [6.07, 6.45) is 5.59. The molecular formula is C26H28ClFN6O2. The lowest BCUT2D eigenvalue weighted by Crippen LogP contribution is -2.37. The molecule has 3 aromatic rings. The van der Waals surface area contributed by atoms with Crippen molar-refractivity contribution in [3.8, 4) is 5.69 Å². The number of amides is 1. The van der Waals surface area contributed by atoms with Crippen LogP contribution in [0.4, 0.5) is 15.0 Å². The second-order valence-electron chi connectivity index (χ2n) is 9.86. The quantitative estimate of drug-likeness (QED) is 0.469. The molecule has 36 heavy (non-hydrogen) atoms. The first-order chi connectivity index (χ1) is 17.5. The smallest absolute Gasteiger partial charge is 0.410 e. The topological polar surface area (TPSA) is 76.4 Å². The molecule has 2 aliphatic heterocycles. The number of nitrogens with zero attached hydrogens (tertiary/aromatic N) is 6. The summed E-state index contributed by atoms with van der Waals surface area (Å²) < 4.78 is 21.2. The number of rotatable bonds is 3. The van der Waals surface area contributed by atoms with E-state index in [-0.39, 0.29) is 30.0 Å². The molecule has 4 heterocycles. The number of hydrogen-bond acceptors (Lipinski definition) is 6. The Labute approximate surface area is 214 Å². The van der Waals surface area contributed by atoms with Crippen LogP contribution in [0.15, 0.2) is 36.5 Å². The lowest BCUT2D eigenvalue weighted by atomic mass is 9.95. The molecule has 6 rings (SSSR count). The van der Waals surface area contributed by atoms with Gasteiger partial charge in [-0.15, -0.1) is 10.2 Å². The van der Waals surface area contributed by atoms with Crippen LogP contribution in [-0.4, -0.2) is 49.9 Å². The predicted molar refractivity (Wildman–Crippen MR) is 133 cm³/mol. The van der Waals surface area contributed by atoms with E-state index >= 15 is 0 Å². The van der Waals surface area contributed by atoms with Crippen molar-refractivity contribution in [2.24, 2.45) is 0 Å². The Balaban J connectivity index is 1.30. The van der Waals surface area contributed by atoms with Gasteiger partial charge in [0.25, 0.3) is 0 Å². The number of ether oxygens (including phenoxy) is 1. The van der Waals surface area contributed by atoms with Crippen molar-refractivity contribution in [2.75, 3.05) is 18.0 Å². The number of benzene rings is 1. The summed E-state index contributed by atoms with van der Waals surface area (Å²) in [6.45, 7) is 3.94. The maximum absolute atomic E-state index is 13.3. The minimum absolute atomic E-state index is 0.000924. The Morgan fingerprint density at radius 2 is 1.86 bits per heavy atom. The van der Waals surface area contributed by atoms with Crippen LogP contribution in [0.25, 0.3) is 5.69 Å². The molecule has 1 aromatic carbocycles. The minimum Gasteiger partial charge on any atom is -0.446 e. The highest BCUT2D eigenvalue weighted by molar-refractivity contribution is 6.30. The summed E-state index contributed by atoms with van der Waals surface area (Å²) in [6, 6.07) is 8.61. The van der Waals surface area contributed by atoms with Gasteiger partial charge in [0.15, 0.2) is 5.82 Å². The van der Waals surface area contributed by atoms with Crippen LogP contribution in [0.5, 0.6) is 0 Å². The van der Waals surface area contributed by atoms with E-state index in [0.29, 0.717) is 11.6 Å². The third-order valence-electron chi connectivity index (χ3n) is 7.63. The molecule has 10 heteroatoms. The van der Waals surface area contributed by atoms with Gasteiger partial charge in [-0.1, -0.05) is 11.6 Å². The van der Waals surface area contributed by atoms with E-state index in [1.165, 1.54) is 12.3 Å². The standard InChI is InChI=1S/C26H28ClFN6O2/c1-16-24-30-31-25(17-9-11-32(12-10-17)23-8-6-20(28)14-29-23)34(24)22-7-5-19(27)13-18(22)15-33(16)26(35)36-21-3-2-4-21/h5-8,13-14,16-17,21H,2-4,9-12,15H2,1H3. The molecule has 1 aliphatic carbocycles. The highest BCUT2D eigenvalue weighted by atomic mass is 35.5. The number of halogens is 2. The van der Waals surface area contributed by atoms with Gasteiger partial charge in [-0.05, 0) is 74.9 Å². The van der Waals surface area contributed by atoms with Crippen LogP contribution in [0.2, 0.25) is 5.02 Å². The average molecular weight is 511 g/mol. The molecular weight excluding hydrogens is 483 g/mol. The van der Waals surface area contributed by atoms with Gasteiger partial charge in [0.2, 0.25) is 0 Å². The zero-order chi connectivity index (χ0) is 24.8. The molecule has 1 atom stereocenters. The zero-order valence-electron chi connectivity index (χ0n) is 20.1. The fraction of sp³-hybridized carbons (Fsp3) is 0.462. The third-order valence-corrected chi connectivity index (χ3v) is 7.86. The van der Waals surface area contributed by atoms with Gasteiger partial charge in [-0.25, -0.2) is 14.2 Å². The Morgan fingerprint density at radius 1 is 1.08 bits per heavy atom. The monoisotopic (exact) mass is 510 g/mol. The summed E-state index contributed by atoms with van der Waals surface area (Å²) in [5.41, 5.74) is 1.88. The van der Waals surface area contributed by atoms with Crippen LogP contribution in [-0.2, 0) is 11.3 Å². The highest BCUT2D eigenvalue weighted by Gasteiger charge is 2.37. The van der Waals surface area contributed by atoms with Crippen molar-refractivity contribution in [1.82, 2.24) is 24.6 Å². The van der Waals surface area contributed by atoms with Crippen molar-refractivity contribution in [3.05, 3.63) is 64.6 Å². The molecule has 0 N–H and O–H groups in total. The normalized spacial score (nSPS) is 20.4. The summed E-state index contributed by atoms with van der Waals surface area (Å²) in [5.74, 6) is 2.25. The van der Waals surface area contributed by atoms with E-state index in [0.717, 1.165) is 73.9 Å². The van der Waals surface area contributed by atoms with Crippen LogP contribution in [0.3, 0.4) is 0 Å². The average Bonchev–Trinajstić information content (AvgIpc) is 3.25. The number of carbonyl (C=O) groups is 1. The van der Waals surface area contributed by atoms with Gasteiger partial charge >= 0.3 is 6.09 Å². The Morgan fingerprint density at radius 3 is 2.56 bits per heavy atom. The molecule has 2 fully saturated rings. The summed E-state index contributed by atoms with van der Waals surface area (Å²) in [5, 5.41) is 9.85. The Kier molecular flexibility index (Phi) is 6.03. The number of aromatic nitrogens is 4. The number of carbonyl (C=O) groups excluding carboxylic acids is 1. The first-order valence-electron chi connectivity index (χ1n) is 12.6. The second-order valence-corrected chi connectivity index (χ2v) is 10.3. The first-order valence-corrected chi connectivity index (χ1v) is 12.9. The zero-order valence-corrected chi connectivity index (χ0v) is 20.9. The molecule has 0 spiro atoms. The van der Waals surface area contributed by atoms with Gasteiger partial charge in [-0.2, -0.15) is 0 Å². The number of fused-ring (bicyclic) bond motifs is 3. The van der Waals surface area contributed by atoms with E-state index < -0.39 is 0 Å². The van der Waals surface area contributed by atoms with Crippen molar-refractivity contribution < 1.29 is 13.9 Å².